The van der Waals surface area contributed by atoms with Gasteiger partial charge in [0.2, 0.25) is 5.91 Å². The van der Waals surface area contributed by atoms with E-state index in [1.165, 1.54) is 10.6 Å². The van der Waals surface area contributed by atoms with Crippen LogP contribution in [0.3, 0.4) is 0 Å². The van der Waals surface area contributed by atoms with E-state index in [2.05, 4.69) is 0 Å². The Labute approximate surface area is 177 Å². The van der Waals surface area contributed by atoms with Crippen LogP contribution in [0.15, 0.2) is 47.4 Å². The summed E-state index contributed by atoms with van der Waals surface area (Å²) in [5, 5.41) is 12.1. The molecule has 5 rings (SSSR count). The third kappa shape index (κ3) is 3.26. The third-order valence-corrected chi connectivity index (χ3v) is 6.42. The Morgan fingerprint density at radius 2 is 2.03 bits per heavy atom. The van der Waals surface area contributed by atoms with Crippen LogP contribution in [0.25, 0.3) is 10.9 Å². The topological polar surface area (TPSA) is 99.6 Å². The molecule has 0 aliphatic carbocycles. The van der Waals surface area contributed by atoms with Crippen molar-refractivity contribution in [2.45, 2.75) is 25.4 Å². The van der Waals surface area contributed by atoms with E-state index in [1.54, 1.807) is 13.2 Å². The maximum absolute atomic E-state index is 13.1. The number of carbonyl (C=O) groups is 1. The van der Waals surface area contributed by atoms with Crippen molar-refractivity contribution >= 4 is 22.5 Å². The second-order valence-corrected chi connectivity index (χ2v) is 8.28. The Morgan fingerprint density at radius 1 is 1.19 bits per heavy atom. The van der Waals surface area contributed by atoms with E-state index < -0.39 is 16.2 Å². The van der Waals surface area contributed by atoms with Crippen LogP contribution in [0.4, 0.5) is 5.69 Å². The smallest absolute Gasteiger partial charge is 0.334 e. The summed E-state index contributed by atoms with van der Waals surface area (Å²) in [6.07, 6.45) is 2.79. The van der Waals surface area contributed by atoms with Gasteiger partial charge in [0.05, 0.1) is 12.0 Å². The Morgan fingerprint density at radius 3 is 2.81 bits per heavy atom. The van der Waals surface area contributed by atoms with Crippen molar-refractivity contribution in [3.63, 3.8) is 0 Å². The van der Waals surface area contributed by atoms with Crippen molar-refractivity contribution in [1.29, 1.82) is 0 Å². The SMILES string of the molecule is COc1ccc2c(ccn2CC(=O)N2CC3C[C@H](C2)Cn2c3ccc([N+](=O)[O-])c2=O)c1. The molecule has 0 saturated carbocycles. The lowest BCUT2D eigenvalue weighted by Gasteiger charge is -2.42. The fraction of sp³-hybridized carbons (Fsp3) is 0.364. The number of carbonyl (C=O) groups excluding carboxylic acids is 1. The lowest BCUT2D eigenvalue weighted by Crippen LogP contribution is -2.50. The second-order valence-electron chi connectivity index (χ2n) is 8.28. The molecule has 9 heteroatoms. The molecule has 1 saturated heterocycles. The fourth-order valence-electron chi connectivity index (χ4n) is 4.97. The highest BCUT2D eigenvalue weighted by Gasteiger charge is 2.37. The number of nitro groups is 1. The van der Waals surface area contributed by atoms with Gasteiger partial charge in [-0.2, -0.15) is 0 Å². The fourth-order valence-corrected chi connectivity index (χ4v) is 4.97. The van der Waals surface area contributed by atoms with Gasteiger partial charge < -0.3 is 18.8 Å². The van der Waals surface area contributed by atoms with E-state index in [0.29, 0.717) is 19.6 Å². The molecule has 2 aliphatic rings. The minimum absolute atomic E-state index is 0.00983. The maximum Gasteiger partial charge on any atom is 0.334 e. The Bertz CT molecular complexity index is 1260. The van der Waals surface area contributed by atoms with Crippen LogP contribution >= 0.6 is 0 Å². The third-order valence-electron chi connectivity index (χ3n) is 6.42. The highest BCUT2D eigenvalue weighted by molar-refractivity contribution is 5.84. The molecule has 31 heavy (non-hydrogen) atoms. The van der Waals surface area contributed by atoms with Gasteiger partial charge in [0, 0.05) is 54.4 Å². The Balaban J connectivity index is 1.37. The van der Waals surface area contributed by atoms with Gasteiger partial charge in [-0.1, -0.05) is 0 Å². The normalized spacial score (nSPS) is 19.8. The van der Waals surface area contributed by atoms with Crippen molar-refractivity contribution in [3.8, 4) is 5.75 Å². The summed E-state index contributed by atoms with van der Waals surface area (Å²) in [6.45, 7) is 1.71. The number of likely N-dealkylation sites (tertiary alicyclic amines) is 1. The average molecular weight is 422 g/mol. The minimum atomic E-state index is -0.632. The zero-order valence-corrected chi connectivity index (χ0v) is 17.1. The van der Waals surface area contributed by atoms with E-state index in [0.717, 1.165) is 28.8 Å². The van der Waals surface area contributed by atoms with Gasteiger partial charge >= 0.3 is 11.2 Å². The van der Waals surface area contributed by atoms with Crippen molar-refractivity contribution in [3.05, 3.63) is 68.8 Å². The lowest BCUT2D eigenvalue weighted by molar-refractivity contribution is -0.386. The number of ether oxygens (including phenoxy) is 1. The number of pyridine rings is 1. The van der Waals surface area contributed by atoms with E-state index in [4.69, 9.17) is 4.74 Å². The number of fused-ring (bicyclic) bond motifs is 5. The molecule has 2 bridgehead atoms. The summed E-state index contributed by atoms with van der Waals surface area (Å²) in [6, 6.07) is 10.7. The first-order valence-electron chi connectivity index (χ1n) is 10.2. The molecule has 3 aromatic rings. The summed E-state index contributed by atoms with van der Waals surface area (Å²) in [5.41, 5.74) is 0.803. The standard InChI is InChI=1S/C22H22N4O5/c1-31-17-2-3-18-15(9-17)6-7-23(18)13-21(27)24-10-14-8-16(12-24)19-4-5-20(26(29)30)22(28)25(19)11-14/h2-7,9,14,16H,8,10-13H2,1H3/t14-,16?/m1/s1. The number of hydrogen-bond donors (Lipinski definition) is 0. The first-order chi connectivity index (χ1) is 14.9. The van der Waals surface area contributed by atoms with Crippen LogP contribution in [0.2, 0.25) is 0 Å². The van der Waals surface area contributed by atoms with E-state index in [9.17, 15) is 19.7 Å². The van der Waals surface area contributed by atoms with Crippen LogP contribution in [0.5, 0.6) is 5.75 Å². The summed E-state index contributed by atoms with van der Waals surface area (Å²) in [7, 11) is 1.62. The molecule has 2 atom stereocenters. The summed E-state index contributed by atoms with van der Waals surface area (Å²) in [4.78, 5) is 38.0. The zero-order valence-electron chi connectivity index (χ0n) is 17.1. The molecule has 1 aromatic carbocycles. The summed E-state index contributed by atoms with van der Waals surface area (Å²) in [5.74, 6) is 0.923. The van der Waals surface area contributed by atoms with Crippen LogP contribution in [-0.2, 0) is 17.9 Å². The van der Waals surface area contributed by atoms with Gasteiger partial charge in [-0.05, 0) is 42.7 Å². The molecule has 160 valence electrons. The monoisotopic (exact) mass is 422 g/mol. The first kappa shape index (κ1) is 19.3. The lowest BCUT2D eigenvalue weighted by atomic mass is 9.83. The largest absolute Gasteiger partial charge is 0.497 e. The first-order valence-corrected chi connectivity index (χ1v) is 10.2. The number of methoxy groups -OCH3 is 1. The number of amides is 1. The highest BCUT2D eigenvalue weighted by Crippen LogP contribution is 2.35. The number of aromatic nitrogens is 2. The van der Waals surface area contributed by atoms with Crippen LogP contribution < -0.4 is 10.3 Å². The molecular weight excluding hydrogens is 400 g/mol. The average Bonchev–Trinajstić information content (AvgIpc) is 3.15. The quantitative estimate of drug-likeness (QED) is 0.475. The van der Waals surface area contributed by atoms with E-state index >= 15 is 0 Å². The summed E-state index contributed by atoms with van der Waals surface area (Å²) < 4.78 is 8.73. The van der Waals surface area contributed by atoms with Gasteiger partial charge in [0.25, 0.3) is 0 Å². The minimum Gasteiger partial charge on any atom is -0.497 e. The predicted octanol–water partition coefficient (Wildman–Crippen LogP) is 2.37. The summed E-state index contributed by atoms with van der Waals surface area (Å²) >= 11 is 0. The van der Waals surface area contributed by atoms with Crippen LogP contribution in [0.1, 0.15) is 18.0 Å². The van der Waals surface area contributed by atoms with Crippen molar-refractivity contribution in [2.24, 2.45) is 5.92 Å². The predicted molar refractivity (Wildman–Crippen MR) is 113 cm³/mol. The molecule has 9 nitrogen and oxygen atoms in total. The molecular formula is C22H22N4O5. The number of hydrogen-bond acceptors (Lipinski definition) is 5. The van der Waals surface area contributed by atoms with Crippen molar-refractivity contribution in [2.75, 3.05) is 20.2 Å². The zero-order chi connectivity index (χ0) is 21.7. The van der Waals surface area contributed by atoms with Crippen molar-refractivity contribution < 1.29 is 14.5 Å². The van der Waals surface area contributed by atoms with Crippen LogP contribution in [0, 0.1) is 16.0 Å². The highest BCUT2D eigenvalue weighted by atomic mass is 16.6. The number of benzene rings is 1. The Hall–Kier alpha value is -3.62. The molecule has 2 aromatic heterocycles. The van der Waals surface area contributed by atoms with Gasteiger partial charge in [-0.15, -0.1) is 0 Å². The molecule has 0 radical (unpaired) electrons. The maximum atomic E-state index is 13.1. The molecule has 0 N–H and O–H groups in total. The van der Waals surface area contributed by atoms with E-state index in [-0.39, 0.29) is 24.3 Å². The molecule has 4 heterocycles. The van der Waals surface area contributed by atoms with Crippen LogP contribution in [-0.4, -0.2) is 45.1 Å². The van der Waals surface area contributed by atoms with Gasteiger partial charge in [0.1, 0.15) is 12.3 Å². The Kier molecular flexibility index (Phi) is 4.53. The molecule has 2 aliphatic heterocycles. The number of piperidine rings is 1. The second kappa shape index (κ2) is 7.26. The van der Waals surface area contributed by atoms with Gasteiger partial charge in [0.15, 0.2) is 0 Å². The molecule has 1 unspecified atom stereocenters. The van der Waals surface area contributed by atoms with E-state index in [1.807, 2.05) is 39.9 Å². The number of nitrogens with zero attached hydrogens (tertiary/aromatic N) is 4. The molecule has 1 fully saturated rings. The number of rotatable bonds is 4. The van der Waals surface area contributed by atoms with Gasteiger partial charge in [-0.3, -0.25) is 19.7 Å². The molecule has 1 amide bonds. The molecule has 0 spiro atoms. The van der Waals surface area contributed by atoms with Gasteiger partial charge in [-0.25, -0.2) is 0 Å². The van der Waals surface area contributed by atoms with Crippen molar-refractivity contribution in [1.82, 2.24) is 14.0 Å².